The summed E-state index contributed by atoms with van der Waals surface area (Å²) in [6.45, 7) is 1.88. The van der Waals surface area contributed by atoms with E-state index in [2.05, 4.69) is 5.32 Å². The Morgan fingerprint density at radius 3 is 2.50 bits per heavy atom. The number of rotatable bonds is 7. The maximum atomic E-state index is 12.3. The molecule has 6 heteroatoms. The summed E-state index contributed by atoms with van der Waals surface area (Å²) in [5.41, 5.74) is 1.72. The molecule has 4 nitrogen and oxygen atoms in total. The maximum Gasteiger partial charge on any atom is 0.237 e. The Hall–Kier alpha value is -1.85. The number of ether oxygens (including phenoxy) is 2. The van der Waals surface area contributed by atoms with Crippen LogP contribution in [0, 0.1) is 0 Å². The summed E-state index contributed by atoms with van der Waals surface area (Å²) in [4.78, 5) is 12.3. The summed E-state index contributed by atoms with van der Waals surface area (Å²) in [6, 6.07) is 12.7. The SMILES string of the molecule is COc1ccc(NC(=O)[C@@H](C)SCc2cc(Cl)ccc2OC)cc1. The minimum Gasteiger partial charge on any atom is -0.497 e. The molecule has 0 aliphatic rings. The summed E-state index contributed by atoms with van der Waals surface area (Å²) in [6.07, 6.45) is 0. The molecule has 0 aliphatic heterocycles. The molecule has 2 aromatic rings. The van der Waals surface area contributed by atoms with E-state index >= 15 is 0 Å². The van der Waals surface area contributed by atoms with Gasteiger partial charge in [0.25, 0.3) is 0 Å². The van der Waals surface area contributed by atoms with Gasteiger partial charge >= 0.3 is 0 Å². The van der Waals surface area contributed by atoms with Gasteiger partial charge in [-0.1, -0.05) is 11.6 Å². The Morgan fingerprint density at radius 1 is 1.17 bits per heavy atom. The predicted molar refractivity (Wildman–Crippen MR) is 100 cm³/mol. The fourth-order valence-corrected chi connectivity index (χ4v) is 3.13. The van der Waals surface area contributed by atoms with Crippen molar-refractivity contribution in [2.75, 3.05) is 19.5 Å². The van der Waals surface area contributed by atoms with Crippen LogP contribution in [0.25, 0.3) is 0 Å². The first-order valence-corrected chi connectivity index (χ1v) is 8.85. The van der Waals surface area contributed by atoms with Crippen LogP contribution >= 0.6 is 23.4 Å². The molecule has 2 rings (SSSR count). The minimum atomic E-state index is -0.212. The number of benzene rings is 2. The molecule has 0 heterocycles. The fourth-order valence-electron chi connectivity index (χ4n) is 2.07. The Labute approximate surface area is 151 Å². The third kappa shape index (κ3) is 5.08. The van der Waals surface area contributed by atoms with Crippen LogP contribution in [0.3, 0.4) is 0 Å². The van der Waals surface area contributed by atoms with Crippen LogP contribution in [0.1, 0.15) is 12.5 Å². The van der Waals surface area contributed by atoms with E-state index in [-0.39, 0.29) is 11.2 Å². The zero-order chi connectivity index (χ0) is 17.5. The number of nitrogens with one attached hydrogen (secondary N) is 1. The molecule has 1 atom stereocenters. The molecule has 1 N–H and O–H groups in total. The van der Waals surface area contributed by atoms with Gasteiger partial charge in [0.2, 0.25) is 5.91 Å². The van der Waals surface area contributed by atoms with Crippen molar-refractivity contribution in [1.82, 2.24) is 0 Å². The smallest absolute Gasteiger partial charge is 0.237 e. The molecule has 0 bridgehead atoms. The zero-order valence-corrected chi connectivity index (χ0v) is 15.4. The van der Waals surface area contributed by atoms with Crippen LogP contribution in [0.5, 0.6) is 11.5 Å². The number of anilines is 1. The lowest BCUT2D eigenvalue weighted by molar-refractivity contribution is -0.115. The van der Waals surface area contributed by atoms with Gasteiger partial charge in [0.15, 0.2) is 0 Å². The molecule has 1 amide bonds. The number of hydrogen-bond acceptors (Lipinski definition) is 4. The average molecular weight is 366 g/mol. The van der Waals surface area contributed by atoms with E-state index in [1.54, 1.807) is 20.3 Å². The maximum absolute atomic E-state index is 12.3. The first kappa shape index (κ1) is 18.5. The van der Waals surface area contributed by atoms with E-state index in [4.69, 9.17) is 21.1 Å². The standard InChI is InChI=1S/C18H20ClNO3S/c1-12(18(21)20-15-5-7-16(22-2)8-6-15)24-11-13-10-14(19)4-9-17(13)23-3/h4-10,12H,11H2,1-3H3,(H,20,21)/t12-/m1/s1. The van der Waals surface area contributed by atoms with Crippen LogP contribution in [0.4, 0.5) is 5.69 Å². The first-order chi connectivity index (χ1) is 11.5. The topological polar surface area (TPSA) is 47.6 Å². The Kier molecular flexibility index (Phi) is 6.82. The van der Waals surface area contributed by atoms with Crippen molar-refractivity contribution in [3.63, 3.8) is 0 Å². The number of carbonyl (C=O) groups excluding carboxylic acids is 1. The van der Waals surface area contributed by atoms with E-state index in [9.17, 15) is 4.79 Å². The van der Waals surface area contributed by atoms with Crippen LogP contribution in [0.15, 0.2) is 42.5 Å². The van der Waals surface area contributed by atoms with Gasteiger partial charge in [0.05, 0.1) is 19.5 Å². The van der Waals surface area contributed by atoms with Crippen LogP contribution in [0.2, 0.25) is 5.02 Å². The monoisotopic (exact) mass is 365 g/mol. The molecule has 128 valence electrons. The second-order valence-corrected chi connectivity index (χ2v) is 6.89. The predicted octanol–water partition coefficient (Wildman–Crippen LogP) is 4.62. The number of thioether (sulfide) groups is 1. The molecule has 0 fully saturated rings. The molecule has 0 aromatic heterocycles. The quantitative estimate of drug-likeness (QED) is 0.777. The van der Waals surface area contributed by atoms with Crippen molar-refractivity contribution in [3.05, 3.63) is 53.1 Å². The molecule has 0 unspecified atom stereocenters. The lowest BCUT2D eigenvalue weighted by Crippen LogP contribution is -2.22. The largest absolute Gasteiger partial charge is 0.497 e. The minimum absolute atomic E-state index is 0.0499. The van der Waals surface area contributed by atoms with Crippen molar-refractivity contribution >= 4 is 35.0 Å². The Balaban J connectivity index is 1.92. The zero-order valence-electron chi connectivity index (χ0n) is 13.8. The van der Waals surface area contributed by atoms with Gasteiger partial charge in [-0.3, -0.25) is 4.79 Å². The lowest BCUT2D eigenvalue weighted by Gasteiger charge is -2.14. The first-order valence-electron chi connectivity index (χ1n) is 7.42. The number of methoxy groups -OCH3 is 2. The second kappa shape index (κ2) is 8.85. The number of carbonyl (C=O) groups is 1. The summed E-state index contributed by atoms with van der Waals surface area (Å²) < 4.78 is 10.4. The van der Waals surface area contributed by atoms with Crippen molar-refractivity contribution in [1.29, 1.82) is 0 Å². The summed E-state index contributed by atoms with van der Waals surface area (Å²) in [5, 5.41) is 3.34. The van der Waals surface area contributed by atoms with Crippen LogP contribution < -0.4 is 14.8 Å². The van der Waals surface area contributed by atoms with Crippen molar-refractivity contribution in [2.24, 2.45) is 0 Å². The van der Waals surface area contributed by atoms with E-state index in [0.717, 1.165) is 22.7 Å². The van der Waals surface area contributed by atoms with E-state index in [1.165, 1.54) is 11.8 Å². The highest BCUT2D eigenvalue weighted by molar-refractivity contribution is 7.99. The van der Waals surface area contributed by atoms with Crippen molar-refractivity contribution < 1.29 is 14.3 Å². The van der Waals surface area contributed by atoms with Gasteiger partial charge in [-0.15, -0.1) is 11.8 Å². The average Bonchev–Trinajstić information content (AvgIpc) is 2.60. The van der Waals surface area contributed by atoms with Crippen molar-refractivity contribution in [2.45, 2.75) is 17.9 Å². The van der Waals surface area contributed by atoms with E-state index in [1.807, 2.05) is 43.3 Å². The Bertz CT molecular complexity index is 691. The number of hydrogen-bond donors (Lipinski definition) is 1. The highest BCUT2D eigenvalue weighted by Crippen LogP contribution is 2.28. The molecule has 0 saturated carbocycles. The third-order valence-electron chi connectivity index (χ3n) is 3.46. The third-order valence-corrected chi connectivity index (χ3v) is 4.88. The molecule has 2 aromatic carbocycles. The van der Waals surface area contributed by atoms with E-state index in [0.29, 0.717) is 10.8 Å². The second-order valence-electron chi connectivity index (χ2n) is 5.13. The molecule has 0 spiro atoms. The highest BCUT2D eigenvalue weighted by atomic mass is 35.5. The highest BCUT2D eigenvalue weighted by Gasteiger charge is 2.15. The van der Waals surface area contributed by atoms with E-state index < -0.39 is 0 Å². The van der Waals surface area contributed by atoms with Crippen molar-refractivity contribution in [3.8, 4) is 11.5 Å². The fraction of sp³-hybridized carbons (Fsp3) is 0.278. The summed E-state index contributed by atoms with van der Waals surface area (Å²) in [7, 11) is 3.23. The molecule has 24 heavy (non-hydrogen) atoms. The van der Waals surface area contributed by atoms with Gasteiger partial charge in [-0.25, -0.2) is 0 Å². The van der Waals surface area contributed by atoms with Crippen LogP contribution in [-0.4, -0.2) is 25.4 Å². The molecule has 0 saturated heterocycles. The van der Waals surface area contributed by atoms with Gasteiger partial charge < -0.3 is 14.8 Å². The number of amides is 1. The van der Waals surface area contributed by atoms with Crippen LogP contribution in [-0.2, 0) is 10.5 Å². The molecular weight excluding hydrogens is 346 g/mol. The van der Waals surface area contributed by atoms with Gasteiger partial charge in [-0.2, -0.15) is 0 Å². The van der Waals surface area contributed by atoms with Gasteiger partial charge in [0.1, 0.15) is 11.5 Å². The van der Waals surface area contributed by atoms with Gasteiger partial charge in [0, 0.05) is 22.0 Å². The lowest BCUT2D eigenvalue weighted by atomic mass is 10.2. The normalized spacial score (nSPS) is 11.7. The van der Waals surface area contributed by atoms with Gasteiger partial charge in [-0.05, 0) is 49.4 Å². The molecule has 0 radical (unpaired) electrons. The summed E-state index contributed by atoms with van der Waals surface area (Å²) in [5.74, 6) is 2.12. The number of halogens is 1. The summed E-state index contributed by atoms with van der Waals surface area (Å²) >= 11 is 7.56. The molecule has 0 aliphatic carbocycles. The molecular formula is C18H20ClNO3S. The Morgan fingerprint density at radius 2 is 1.88 bits per heavy atom.